The molecule has 0 spiro atoms. The van der Waals surface area contributed by atoms with Gasteiger partial charge in [0, 0.05) is 11.9 Å². The molecule has 0 saturated carbocycles. The molecule has 0 aliphatic rings. The maximum atomic E-state index is 8.75. The quantitative estimate of drug-likeness (QED) is 0.873. The predicted octanol–water partition coefficient (Wildman–Crippen LogP) is 2.42. The fourth-order valence-electron chi connectivity index (χ4n) is 1.47. The Morgan fingerprint density at radius 3 is 2.94 bits per heavy atom. The molecule has 86 valence electrons. The van der Waals surface area contributed by atoms with E-state index in [9.17, 15) is 0 Å². The molecule has 2 aromatic heterocycles. The van der Waals surface area contributed by atoms with Gasteiger partial charge in [-0.1, -0.05) is 0 Å². The largest absolute Gasteiger partial charge is 0.444 e. The average molecular weight is 228 g/mol. The topological polar surface area (TPSA) is 74.7 Å². The summed E-state index contributed by atoms with van der Waals surface area (Å²) in [6.07, 6.45) is 3.27. The molecular formula is C12H12N4O. The van der Waals surface area contributed by atoms with Crippen LogP contribution < -0.4 is 5.32 Å². The first-order valence-corrected chi connectivity index (χ1v) is 5.24. The van der Waals surface area contributed by atoms with Gasteiger partial charge in [-0.05, 0) is 26.0 Å². The molecule has 17 heavy (non-hydrogen) atoms. The van der Waals surface area contributed by atoms with Crippen molar-refractivity contribution in [2.75, 3.05) is 5.32 Å². The summed E-state index contributed by atoms with van der Waals surface area (Å²) in [5.74, 6) is 1.40. The van der Waals surface area contributed by atoms with Crippen molar-refractivity contribution in [1.29, 1.82) is 5.26 Å². The minimum atomic E-state index is -0.0577. The van der Waals surface area contributed by atoms with Gasteiger partial charge in [-0.15, -0.1) is 0 Å². The van der Waals surface area contributed by atoms with Crippen LogP contribution >= 0.6 is 0 Å². The molecule has 5 nitrogen and oxygen atoms in total. The van der Waals surface area contributed by atoms with Crippen LogP contribution in [0, 0.1) is 18.3 Å². The van der Waals surface area contributed by atoms with Gasteiger partial charge >= 0.3 is 0 Å². The van der Waals surface area contributed by atoms with E-state index >= 15 is 0 Å². The van der Waals surface area contributed by atoms with Crippen LogP contribution in [0.1, 0.15) is 30.3 Å². The lowest BCUT2D eigenvalue weighted by molar-refractivity contribution is 0.453. The maximum absolute atomic E-state index is 8.75. The van der Waals surface area contributed by atoms with E-state index in [0.717, 1.165) is 11.4 Å². The number of nitriles is 1. The Labute approximate surface area is 99.1 Å². The molecular weight excluding hydrogens is 216 g/mol. The zero-order valence-electron chi connectivity index (χ0n) is 9.64. The van der Waals surface area contributed by atoms with E-state index < -0.39 is 0 Å². The van der Waals surface area contributed by atoms with E-state index in [1.165, 1.54) is 0 Å². The Hall–Kier alpha value is -2.35. The van der Waals surface area contributed by atoms with Crippen LogP contribution in [0.25, 0.3) is 0 Å². The second-order valence-corrected chi connectivity index (χ2v) is 3.72. The summed E-state index contributed by atoms with van der Waals surface area (Å²) in [5, 5.41) is 11.9. The van der Waals surface area contributed by atoms with Gasteiger partial charge in [0.05, 0.1) is 6.20 Å². The smallest absolute Gasteiger partial charge is 0.216 e. The zero-order valence-corrected chi connectivity index (χ0v) is 9.64. The lowest BCUT2D eigenvalue weighted by Crippen LogP contribution is -2.07. The van der Waals surface area contributed by atoms with Crippen LogP contribution in [0.15, 0.2) is 28.9 Å². The van der Waals surface area contributed by atoms with Crippen molar-refractivity contribution in [3.63, 3.8) is 0 Å². The predicted molar refractivity (Wildman–Crippen MR) is 62.2 cm³/mol. The van der Waals surface area contributed by atoms with Crippen molar-refractivity contribution in [1.82, 2.24) is 9.97 Å². The first-order chi connectivity index (χ1) is 8.19. The minimum absolute atomic E-state index is 0.0577. The molecule has 0 fully saturated rings. The zero-order chi connectivity index (χ0) is 12.3. The van der Waals surface area contributed by atoms with Crippen molar-refractivity contribution < 1.29 is 4.42 Å². The maximum Gasteiger partial charge on any atom is 0.216 e. The summed E-state index contributed by atoms with van der Waals surface area (Å²) in [6, 6.07) is 5.42. The van der Waals surface area contributed by atoms with Gasteiger partial charge in [0.2, 0.25) is 5.89 Å². The van der Waals surface area contributed by atoms with Crippen LogP contribution in [0.4, 0.5) is 5.69 Å². The van der Waals surface area contributed by atoms with Crippen molar-refractivity contribution >= 4 is 5.69 Å². The molecule has 0 aliphatic heterocycles. The summed E-state index contributed by atoms with van der Waals surface area (Å²) in [6.45, 7) is 3.79. The average Bonchev–Trinajstić information content (AvgIpc) is 2.76. The standard InChI is InChI=1S/C12H12N4O/c1-8-7-15-12(17-8)9(2)16-10-3-4-14-11(5-10)6-13/h3-5,7,9H,1-2H3,(H,14,16). The highest BCUT2D eigenvalue weighted by Crippen LogP contribution is 2.18. The third-order valence-corrected chi connectivity index (χ3v) is 2.27. The molecule has 0 radical (unpaired) electrons. The van der Waals surface area contributed by atoms with Gasteiger partial charge in [-0.25, -0.2) is 9.97 Å². The van der Waals surface area contributed by atoms with E-state index in [0.29, 0.717) is 11.6 Å². The Morgan fingerprint density at radius 2 is 2.29 bits per heavy atom. The molecule has 1 atom stereocenters. The number of oxazole rings is 1. The van der Waals surface area contributed by atoms with Crippen molar-refractivity contribution in [2.45, 2.75) is 19.9 Å². The van der Waals surface area contributed by atoms with Gasteiger partial charge < -0.3 is 9.73 Å². The van der Waals surface area contributed by atoms with Crippen molar-refractivity contribution in [2.24, 2.45) is 0 Å². The highest BCUT2D eigenvalue weighted by atomic mass is 16.4. The number of aryl methyl sites for hydroxylation is 1. The first-order valence-electron chi connectivity index (χ1n) is 5.24. The summed E-state index contributed by atoms with van der Waals surface area (Å²) >= 11 is 0. The Kier molecular flexibility index (Phi) is 3.06. The Bertz CT molecular complexity index is 556. The third kappa shape index (κ3) is 2.61. The summed E-state index contributed by atoms with van der Waals surface area (Å²) < 4.78 is 5.42. The minimum Gasteiger partial charge on any atom is -0.444 e. The molecule has 0 aromatic carbocycles. The molecule has 0 amide bonds. The number of hydrogen-bond donors (Lipinski definition) is 1. The van der Waals surface area contributed by atoms with Gasteiger partial charge in [0.1, 0.15) is 23.6 Å². The molecule has 2 aromatic rings. The van der Waals surface area contributed by atoms with E-state index in [1.54, 1.807) is 24.5 Å². The van der Waals surface area contributed by atoms with E-state index in [4.69, 9.17) is 9.68 Å². The monoisotopic (exact) mass is 228 g/mol. The molecule has 0 bridgehead atoms. The van der Waals surface area contributed by atoms with Crippen molar-refractivity contribution in [3.8, 4) is 6.07 Å². The molecule has 0 aliphatic carbocycles. The summed E-state index contributed by atoms with van der Waals surface area (Å²) in [4.78, 5) is 8.05. The number of anilines is 1. The Morgan fingerprint density at radius 1 is 1.47 bits per heavy atom. The number of rotatable bonds is 3. The van der Waals surface area contributed by atoms with Gasteiger partial charge in [-0.2, -0.15) is 5.26 Å². The SMILES string of the molecule is Cc1cnc(C(C)Nc2ccnc(C#N)c2)o1. The Balaban J connectivity index is 2.13. The molecule has 2 heterocycles. The van der Waals surface area contributed by atoms with Crippen LogP contribution in [0.3, 0.4) is 0 Å². The molecule has 5 heteroatoms. The molecule has 1 N–H and O–H groups in total. The number of aromatic nitrogens is 2. The second-order valence-electron chi connectivity index (χ2n) is 3.72. The van der Waals surface area contributed by atoms with Crippen LogP contribution in [0.5, 0.6) is 0 Å². The first kappa shape index (κ1) is 11.1. The number of nitrogens with one attached hydrogen (secondary N) is 1. The number of hydrogen-bond acceptors (Lipinski definition) is 5. The van der Waals surface area contributed by atoms with E-state index in [1.807, 2.05) is 19.9 Å². The van der Waals surface area contributed by atoms with Crippen LogP contribution in [0.2, 0.25) is 0 Å². The lowest BCUT2D eigenvalue weighted by Gasteiger charge is -2.11. The van der Waals surface area contributed by atoms with Crippen LogP contribution in [-0.4, -0.2) is 9.97 Å². The fourth-order valence-corrected chi connectivity index (χ4v) is 1.47. The normalized spacial score (nSPS) is 11.8. The summed E-state index contributed by atoms with van der Waals surface area (Å²) in [7, 11) is 0. The number of pyridine rings is 1. The summed E-state index contributed by atoms with van der Waals surface area (Å²) in [5.41, 5.74) is 1.20. The van der Waals surface area contributed by atoms with Gasteiger partial charge in [-0.3, -0.25) is 0 Å². The van der Waals surface area contributed by atoms with E-state index in [-0.39, 0.29) is 6.04 Å². The van der Waals surface area contributed by atoms with Crippen LogP contribution in [-0.2, 0) is 0 Å². The highest BCUT2D eigenvalue weighted by molar-refractivity contribution is 5.46. The number of nitrogens with zero attached hydrogens (tertiary/aromatic N) is 3. The van der Waals surface area contributed by atoms with Crippen molar-refractivity contribution in [3.05, 3.63) is 41.9 Å². The molecule has 0 saturated heterocycles. The molecule has 1 unspecified atom stereocenters. The third-order valence-electron chi connectivity index (χ3n) is 2.27. The van der Waals surface area contributed by atoms with E-state index in [2.05, 4.69) is 15.3 Å². The van der Waals surface area contributed by atoms with Gasteiger partial charge in [0.25, 0.3) is 0 Å². The second kappa shape index (κ2) is 4.66. The fraction of sp³-hybridized carbons (Fsp3) is 0.250. The molecule has 2 rings (SSSR count). The highest BCUT2D eigenvalue weighted by Gasteiger charge is 2.11. The van der Waals surface area contributed by atoms with Gasteiger partial charge in [0.15, 0.2) is 0 Å². The lowest BCUT2D eigenvalue weighted by atomic mass is 10.3.